The molecule has 0 spiro atoms. The van der Waals surface area contributed by atoms with Gasteiger partial charge < -0.3 is 10.1 Å². The van der Waals surface area contributed by atoms with Crippen LogP contribution in [0.3, 0.4) is 0 Å². The number of pyridine rings is 1. The van der Waals surface area contributed by atoms with Crippen molar-refractivity contribution in [1.29, 1.82) is 0 Å². The van der Waals surface area contributed by atoms with Gasteiger partial charge in [-0.05, 0) is 13.0 Å². The maximum absolute atomic E-state index is 10.8. The second kappa shape index (κ2) is 5.01. The number of hydrogen-bond acceptors (Lipinski definition) is 5. The Kier molecular flexibility index (Phi) is 3.17. The fourth-order valence-corrected chi connectivity index (χ4v) is 2.45. The highest BCUT2D eigenvalue weighted by atomic mass is 16.5. The second-order valence-corrected chi connectivity index (χ2v) is 4.57. The molecule has 21 heavy (non-hydrogen) atoms. The van der Waals surface area contributed by atoms with Gasteiger partial charge in [0.15, 0.2) is 11.5 Å². The normalized spacial score (nSPS) is 11.0. The van der Waals surface area contributed by atoms with Gasteiger partial charge in [-0.25, -0.2) is 9.97 Å². The maximum Gasteiger partial charge on any atom is 0.215 e. The summed E-state index contributed by atoms with van der Waals surface area (Å²) >= 11 is 0. The monoisotopic (exact) mass is 285 g/mol. The number of fused-ring (bicyclic) bond motifs is 3. The van der Waals surface area contributed by atoms with Gasteiger partial charge in [-0.2, -0.15) is 4.98 Å². The first-order valence-corrected chi connectivity index (χ1v) is 6.62. The molecule has 3 rings (SSSR count). The van der Waals surface area contributed by atoms with Gasteiger partial charge >= 0.3 is 0 Å². The molecule has 0 aromatic carbocycles. The van der Waals surface area contributed by atoms with E-state index in [0.29, 0.717) is 29.3 Å². The summed E-state index contributed by atoms with van der Waals surface area (Å²) in [4.78, 5) is 24.3. The summed E-state index contributed by atoms with van der Waals surface area (Å²) in [6.07, 6.45) is 1.36. The lowest BCUT2D eigenvalue weighted by Gasteiger charge is -2.09. The first-order valence-electron chi connectivity index (χ1n) is 6.62. The molecule has 0 unspecified atom stereocenters. The molecule has 0 fully saturated rings. The Morgan fingerprint density at radius 1 is 1.33 bits per heavy atom. The maximum atomic E-state index is 10.8. The predicted molar refractivity (Wildman–Crippen MR) is 78.6 cm³/mol. The van der Waals surface area contributed by atoms with Gasteiger partial charge in [0, 0.05) is 12.5 Å². The number of ether oxygens (including phenoxy) is 1. The van der Waals surface area contributed by atoms with Crippen LogP contribution in [-0.4, -0.2) is 32.9 Å². The predicted octanol–water partition coefficient (Wildman–Crippen LogP) is 1.73. The molecule has 3 aromatic heterocycles. The van der Waals surface area contributed by atoms with Gasteiger partial charge in [0.05, 0.1) is 12.8 Å². The third kappa shape index (κ3) is 1.97. The number of carbonyl (C=O) groups is 1. The molecule has 3 heterocycles. The number of aromatic nitrogens is 4. The Morgan fingerprint density at radius 3 is 2.81 bits per heavy atom. The number of aryl methyl sites for hydroxylation is 2. The van der Waals surface area contributed by atoms with E-state index < -0.39 is 0 Å². The van der Waals surface area contributed by atoms with E-state index in [-0.39, 0.29) is 0 Å². The van der Waals surface area contributed by atoms with E-state index in [9.17, 15) is 4.79 Å². The molecule has 0 atom stereocenters. The molecule has 108 valence electrons. The van der Waals surface area contributed by atoms with Crippen molar-refractivity contribution in [3.8, 4) is 5.88 Å². The van der Waals surface area contributed by atoms with Crippen molar-refractivity contribution in [3.05, 3.63) is 23.7 Å². The topological polar surface area (TPSA) is 81.4 Å². The number of imidazole rings is 1. The van der Waals surface area contributed by atoms with Crippen molar-refractivity contribution in [2.45, 2.75) is 20.3 Å². The fraction of sp³-hybridized carbons (Fsp3) is 0.286. The molecule has 1 amide bonds. The minimum Gasteiger partial charge on any atom is -0.481 e. The van der Waals surface area contributed by atoms with Gasteiger partial charge in [0.25, 0.3) is 0 Å². The molecule has 7 heteroatoms. The average molecular weight is 285 g/mol. The molecule has 0 aliphatic carbocycles. The third-order valence-electron chi connectivity index (χ3n) is 3.34. The molecular formula is C14H15N5O2. The van der Waals surface area contributed by atoms with E-state index >= 15 is 0 Å². The van der Waals surface area contributed by atoms with Gasteiger partial charge in [0.1, 0.15) is 16.9 Å². The first-order chi connectivity index (χ1) is 10.2. The molecule has 0 saturated heterocycles. The molecule has 3 aromatic rings. The third-order valence-corrected chi connectivity index (χ3v) is 3.34. The van der Waals surface area contributed by atoms with Crippen LogP contribution in [0.2, 0.25) is 0 Å². The summed E-state index contributed by atoms with van der Waals surface area (Å²) in [6.45, 7) is 3.91. The summed E-state index contributed by atoms with van der Waals surface area (Å²) in [5.74, 6) is 1.86. The van der Waals surface area contributed by atoms with Crippen LogP contribution in [0.15, 0.2) is 12.1 Å². The lowest BCUT2D eigenvalue weighted by Crippen LogP contribution is -2.05. The zero-order valence-corrected chi connectivity index (χ0v) is 12.0. The van der Waals surface area contributed by atoms with Crippen molar-refractivity contribution in [2.24, 2.45) is 0 Å². The zero-order valence-electron chi connectivity index (χ0n) is 12.0. The fourth-order valence-electron chi connectivity index (χ4n) is 2.45. The van der Waals surface area contributed by atoms with Crippen molar-refractivity contribution in [1.82, 2.24) is 19.4 Å². The molecule has 0 aliphatic heterocycles. The van der Waals surface area contributed by atoms with Crippen LogP contribution in [0.5, 0.6) is 5.88 Å². The van der Waals surface area contributed by atoms with Crippen LogP contribution < -0.4 is 10.1 Å². The van der Waals surface area contributed by atoms with E-state index in [2.05, 4.69) is 20.3 Å². The molecule has 0 radical (unpaired) electrons. The van der Waals surface area contributed by atoms with Crippen LogP contribution >= 0.6 is 0 Å². The van der Waals surface area contributed by atoms with Crippen LogP contribution in [0.4, 0.5) is 5.82 Å². The number of carbonyl (C=O) groups excluding carboxylic acids is 1. The van der Waals surface area contributed by atoms with Crippen molar-refractivity contribution in [2.75, 3.05) is 12.4 Å². The lowest BCUT2D eigenvalue weighted by atomic mass is 10.3. The number of methoxy groups -OCH3 is 1. The molecule has 0 bridgehead atoms. The number of anilines is 1. The van der Waals surface area contributed by atoms with Crippen LogP contribution in [0, 0.1) is 6.92 Å². The Balaban J connectivity index is 2.50. The van der Waals surface area contributed by atoms with E-state index in [4.69, 9.17) is 4.74 Å². The molecule has 1 N–H and O–H groups in total. The summed E-state index contributed by atoms with van der Waals surface area (Å²) in [7, 11) is 1.57. The Hall–Kier alpha value is -2.70. The number of rotatable bonds is 4. The van der Waals surface area contributed by atoms with Crippen LogP contribution in [0.1, 0.15) is 18.4 Å². The van der Waals surface area contributed by atoms with Gasteiger partial charge in [-0.3, -0.25) is 9.20 Å². The smallest absolute Gasteiger partial charge is 0.215 e. The van der Waals surface area contributed by atoms with Gasteiger partial charge in [-0.15, -0.1) is 0 Å². The minimum atomic E-state index is 0.481. The highest BCUT2D eigenvalue weighted by Crippen LogP contribution is 2.26. The van der Waals surface area contributed by atoms with E-state index in [0.717, 1.165) is 23.5 Å². The summed E-state index contributed by atoms with van der Waals surface area (Å²) in [5.41, 5.74) is 2.89. The zero-order chi connectivity index (χ0) is 15.0. The highest BCUT2D eigenvalue weighted by Gasteiger charge is 2.17. The van der Waals surface area contributed by atoms with Crippen LogP contribution in [-0.2, 0) is 11.2 Å². The number of amides is 1. The number of nitrogens with zero attached hydrogens (tertiary/aromatic N) is 4. The Morgan fingerprint density at radius 2 is 2.14 bits per heavy atom. The number of nitrogens with one attached hydrogen (secondary N) is 1. The van der Waals surface area contributed by atoms with Crippen molar-refractivity contribution < 1.29 is 9.53 Å². The van der Waals surface area contributed by atoms with Crippen molar-refractivity contribution in [3.63, 3.8) is 0 Å². The van der Waals surface area contributed by atoms with E-state index in [1.165, 1.54) is 0 Å². The van der Waals surface area contributed by atoms with E-state index in [1.54, 1.807) is 13.2 Å². The average Bonchev–Trinajstić information content (AvgIpc) is 2.85. The van der Waals surface area contributed by atoms with Crippen molar-refractivity contribution >= 4 is 28.9 Å². The molecule has 0 saturated carbocycles. The molecule has 7 nitrogen and oxygen atoms in total. The number of hydrogen-bond donors (Lipinski definition) is 1. The highest BCUT2D eigenvalue weighted by molar-refractivity contribution is 5.88. The van der Waals surface area contributed by atoms with Gasteiger partial charge in [0.2, 0.25) is 12.3 Å². The Bertz CT molecular complexity index is 840. The quantitative estimate of drug-likeness (QED) is 0.738. The summed E-state index contributed by atoms with van der Waals surface area (Å²) in [6, 6.07) is 3.55. The molecule has 0 aliphatic rings. The van der Waals surface area contributed by atoms with E-state index in [1.807, 2.05) is 24.3 Å². The lowest BCUT2D eigenvalue weighted by molar-refractivity contribution is -0.105. The second-order valence-electron chi connectivity index (χ2n) is 4.57. The first kappa shape index (κ1) is 13.3. The van der Waals surface area contributed by atoms with Crippen LogP contribution in [0.25, 0.3) is 16.7 Å². The summed E-state index contributed by atoms with van der Waals surface area (Å²) in [5, 5.41) is 2.64. The minimum absolute atomic E-state index is 0.481. The Labute approximate surface area is 121 Å². The standard InChI is InChI=1S/C14H15N5O2/c1-4-10-16-8(2)12-13(15-7-20)17-9-5-6-11(21-3)18-14(9)19(10)12/h5-7H,4H2,1-3H3,(H,15,17,20). The van der Waals surface area contributed by atoms with Gasteiger partial charge in [-0.1, -0.05) is 6.92 Å². The largest absolute Gasteiger partial charge is 0.481 e. The SMILES string of the molecule is CCc1nc(C)c2c(NC=O)nc3ccc(OC)nc3n12. The summed E-state index contributed by atoms with van der Waals surface area (Å²) < 4.78 is 7.11. The molecular weight excluding hydrogens is 270 g/mol.